The van der Waals surface area contributed by atoms with Gasteiger partial charge in [-0.1, -0.05) is 149 Å². The van der Waals surface area contributed by atoms with E-state index in [4.69, 9.17) is 19.7 Å². The number of rotatable bonds is 18. The van der Waals surface area contributed by atoms with Gasteiger partial charge in [-0.2, -0.15) is 0 Å². The summed E-state index contributed by atoms with van der Waals surface area (Å²) in [6.45, 7) is 22.6. The van der Waals surface area contributed by atoms with Gasteiger partial charge in [0.15, 0.2) is 48.4 Å². The molecule has 0 bridgehead atoms. The lowest BCUT2D eigenvalue weighted by Crippen LogP contribution is -2.45. The number of carbonyl (C=O) groups excluding carboxylic acids is 5. The fourth-order valence-electron chi connectivity index (χ4n) is 6.65. The Balaban J connectivity index is 0.00000994. The van der Waals surface area contributed by atoms with Gasteiger partial charge in [-0.25, -0.2) is 14.4 Å². The third-order valence-electron chi connectivity index (χ3n) is 10.3. The van der Waals surface area contributed by atoms with Crippen LogP contribution < -0.4 is 0 Å². The lowest BCUT2D eigenvalue weighted by atomic mass is 9.71. The number of hydrogen-bond donors (Lipinski definition) is 6. The summed E-state index contributed by atoms with van der Waals surface area (Å²) in [5.41, 5.74) is 5.05. The topological polar surface area (TPSA) is 242 Å². The molecule has 2 rings (SSSR count). The molecule has 0 heterocycles. The van der Waals surface area contributed by atoms with Crippen LogP contribution in [0, 0.1) is 10.8 Å². The minimum absolute atomic E-state index is 0.0216. The van der Waals surface area contributed by atoms with Gasteiger partial charge in [0.25, 0.3) is 0 Å². The number of aliphatic hydroxyl groups is 5. The second kappa shape index (κ2) is 28.3. The van der Waals surface area contributed by atoms with Crippen LogP contribution in [0.5, 0.6) is 0 Å². The number of carboxylic acids is 1. The Hall–Kier alpha value is -5.64. The Kier molecular flexibility index (Phi) is 25.9. The fraction of sp³-hybridized carbons (Fsp3) is 0.451. The molecule has 0 amide bonds. The molecular formula is C51H70O14. The van der Waals surface area contributed by atoms with Crippen LogP contribution in [0.3, 0.4) is 0 Å². The predicted molar refractivity (Wildman–Crippen MR) is 250 cm³/mol. The average Bonchev–Trinajstić information content (AvgIpc) is 3.25. The number of allylic oxidation sites excluding steroid dienone is 20. The molecule has 0 aromatic rings. The smallest absolute Gasteiger partial charge is 0.339 e. The molecule has 0 aromatic heterocycles. The lowest BCUT2D eigenvalue weighted by Gasteiger charge is -2.36. The zero-order chi connectivity index (χ0) is 50.4. The molecule has 14 nitrogen and oxygen atoms in total. The Morgan fingerprint density at radius 3 is 1.25 bits per heavy atom. The maximum Gasteiger partial charge on any atom is 0.339 e. The van der Waals surface area contributed by atoms with Crippen molar-refractivity contribution in [3.63, 3.8) is 0 Å². The highest BCUT2D eigenvalue weighted by Gasteiger charge is 2.43. The first kappa shape index (κ1) is 59.4. The van der Waals surface area contributed by atoms with Gasteiger partial charge in [0.2, 0.25) is 0 Å². The van der Waals surface area contributed by atoms with Gasteiger partial charge in [0, 0.05) is 20.0 Å². The number of Topliss-reactive ketones (excluding diaryl/α,β-unsaturated/α-hetero) is 2. The predicted octanol–water partition coefficient (Wildman–Crippen LogP) is 6.37. The lowest BCUT2D eigenvalue weighted by molar-refractivity contribution is -0.175. The molecule has 0 fully saturated rings. The maximum atomic E-state index is 13.0. The van der Waals surface area contributed by atoms with Gasteiger partial charge >= 0.3 is 17.9 Å². The summed E-state index contributed by atoms with van der Waals surface area (Å²) < 4.78 is 10.3. The van der Waals surface area contributed by atoms with Crippen molar-refractivity contribution in [1.29, 1.82) is 0 Å². The van der Waals surface area contributed by atoms with E-state index in [1.807, 2.05) is 154 Å². The SMILES string of the molecule is CC.CC1=C(/C=C/C(C)=C/C=C/C(C)=C/C=C/C=C(C)/C=C/C=C(C)/C=C/C2=C(C)C(=O)C(OC(=O)C(O)C(O)C(=O)O)CC2(C)C)C(C)(C)CC(OC(=O)C(O)C(O)C=O)C1=O.CO. The van der Waals surface area contributed by atoms with E-state index in [1.54, 1.807) is 13.8 Å². The first-order valence-electron chi connectivity index (χ1n) is 21.2. The van der Waals surface area contributed by atoms with Crippen molar-refractivity contribution in [2.45, 2.75) is 133 Å². The summed E-state index contributed by atoms with van der Waals surface area (Å²) in [7, 11) is 1.00. The minimum Gasteiger partial charge on any atom is -0.479 e. The third-order valence-corrected chi connectivity index (χ3v) is 10.3. The van der Waals surface area contributed by atoms with E-state index < -0.39 is 76.9 Å². The number of hydrogen-bond acceptors (Lipinski definition) is 13. The summed E-state index contributed by atoms with van der Waals surface area (Å²) in [4.78, 5) is 72.0. The number of esters is 2. The molecule has 6 unspecified atom stereocenters. The van der Waals surface area contributed by atoms with Crippen LogP contribution in [0.2, 0.25) is 0 Å². The Labute approximate surface area is 383 Å². The van der Waals surface area contributed by atoms with Gasteiger partial charge in [-0.15, -0.1) is 0 Å². The number of aliphatic hydroxyl groups excluding tert-OH is 5. The van der Waals surface area contributed by atoms with Gasteiger partial charge in [-0.05, 0) is 74.7 Å². The zero-order valence-corrected chi connectivity index (χ0v) is 40.0. The van der Waals surface area contributed by atoms with Crippen molar-refractivity contribution >= 4 is 35.8 Å². The van der Waals surface area contributed by atoms with Crippen LogP contribution in [-0.4, -0.2) is 110 Å². The van der Waals surface area contributed by atoms with E-state index in [9.17, 15) is 49.2 Å². The number of aldehydes is 1. The van der Waals surface area contributed by atoms with Crippen LogP contribution in [0.1, 0.15) is 95.9 Å². The van der Waals surface area contributed by atoms with Gasteiger partial charge in [0.05, 0.1) is 0 Å². The highest BCUT2D eigenvalue weighted by molar-refractivity contribution is 6.02. The van der Waals surface area contributed by atoms with E-state index in [2.05, 4.69) is 0 Å². The summed E-state index contributed by atoms with van der Waals surface area (Å²) >= 11 is 0. The second-order valence-corrected chi connectivity index (χ2v) is 16.5. The molecule has 0 aromatic carbocycles. The highest BCUT2D eigenvalue weighted by Crippen LogP contribution is 2.42. The molecule has 2 aliphatic rings. The van der Waals surface area contributed by atoms with Crippen molar-refractivity contribution in [3.8, 4) is 0 Å². The minimum atomic E-state index is -2.37. The van der Waals surface area contributed by atoms with Crippen molar-refractivity contribution in [2.24, 2.45) is 10.8 Å². The number of ketones is 2. The molecule has 65 heavy (non-hydrogen) atoms. The Morgan fingerprint density at radius 1 is 0.585 bits per heavy atom. The summed E-state index contributed by atoms with van der Waals surface area (Å²) in [5, 5.41) is 54.3. The van der Waals surface area contributed by atoms with Crippen LogP contribution in [0.4, 0.5) is 0 Å². The van der Waals surface area contributed by atoms with Crippen molar-refractivity contribution in [2.75, 3.05) is 7.11 Å². The normalized spacial score (nSPS) is 21.6. The van der Waals surface area contributed by atoms with E-state index >= 15 is 0 Å². The summed E-state index contributed by atoms with van der Waals surface area (Å²) in [6.07, 6.45) is 16.1. The van der Waals surface area contributed by atoms with Crippen LogP contribution >= 0.6 is 0 Å². The largest absolute Gasteiger partial charge is 0.479 e. The van der Waals surface area contributed by atoms with Crippen molar-refractivity contribution < 1.29 is 68.9 Å². The van der Waals surface area contributed by atoms with E-state index in [0.717, 1.165) is 40.5 Å². The van der Waals surface area contributed by atoms with E-state index in [0.29, 0.717) is 11.1 Å². The Morgan fingerprint density at radius 2 is 0.908 bits per heavy atom. The zero-order valence-electron chi connectivity index (χ0n) is 40.0. The van der Waals surface area contributed by atoms with Crippen LogP contribution in [-0.2, 0) is 38.2 Å². The molecule has 6 atom stereocenters. The molecular weight excluding hydrogens is 837 g/mol. The Bertz CT molecular complexity index is 2060. The number of ether oxygens (including phenoxy) is 2. The van der Waals surface area contributed by atoms with Gasteiger partial charge in [0.1, 0.15) is 6.10 Å². The molecule has 358 valence electrons. The van der Waals surface area contributed by atoms with E-state index in [1.165, 1.54) is 0 Å². The van der Waals surface area contributed by atoms with Gasteiger partial charge in [-0.3, -0.25) is 9.59 Å². The standard InChI is InChI=1S/C48H60O13.C2H6.CH4O/c1-28(17-13-19-30(3)21-23-34-32(5)39(51)37(25-47(34,7)8)60-45(58)41(53)36(50)27-49)15-11-12-16-29(2)18-14-20-31(4)22-24-35-33(6)40(52)38(26-48(35,9)10)61-46(59)43(55)42(54)44(56)57;2*1-2/h11-24,27,36-38,41-43,50,53-55H,25-26H2,1-10H3,(H,56,57);1-2H3;2H,1H3/b12-11+,17-13+,18-14+,23-21+,24-22+,28-15+,29-16+,30-19+,31-20+;;. The first-order chi connectivity index (χ1) is 30.3. The molecule has 0 aliphatic heterocycles. The molecule has 0 saturated heterocycles. The maximum absolute atomic E-state index is 13.0. The molecule has 6 N–H and O–H groups in total. The van der Waals surface area contributed by atoms with Crippen LogP contribution in [0.25, 0.3) is 0 Å². The second-order valence-electron chi connectivity index (χ2n) is 16.5. The highest BCUT2D eigenvalue weighted by atomic mass is 16.6. The molecule has 0 saturated carbocycles. The van der Waals surface area contributed by atoms with Crippen molar-refractivity contribution in [1.82, 2.24) is 0 Å². The molecule has 14 heteroatoms. The molecule has 0 radical (unpaired) electrons. The third kappa shape index (κ3) is 18.8. The average molecular weight is 907 g/mol. The van der Waals surface area contributed by atoms with Crippen LogP contribution in [0.15, 0.2) is 130 Å². The first-order valence-corrected chi connectivity index (χ1v) is 21.2. The van der Waals surface area contributed by atoms with E-state index in [-0.39, 0.29) is 19.1 Å². The summed E-state index contributed by atoms with van der Waals surface area (Å²) in [6, 6.07) is 0. The van der Waals surface area contributed by atoms with Crippen molar-refractivity contribution in [3.05, 3.63) is 130 Å². The monoisotopic (exact) mass is 906 g/mol. The number of carbonyl (C=O) groups is 6. The number of aliphatic carboxylic acids is 1. The molecule has 2 aliphatic carbocycles. The summed E-state index contributed by atoms with van der Waals surface area (Å²) in [5.74, 6) is -5.28. The fourth-order valence-corrected chi connectivity index (χ4v) is 6.65. The number of carboxylic acid groups (broad SMARTS) is 1. The van der Waals surface area contributed by atoms with Gasteiger partial charge < -0.3 is 44.9 Å². The quantitative estimate of drug-likeness (QED) is 0.0498. The molecule has 0 spiro atoms.